The highest BCUT2D eigenvalue weighted by molar-refractivity contribution is 5.97. The van der Waals surface area contributed by atoms with Crippen LogP contribution in [0.5, 0.6) is 5.75 Å². The van der Waals surface area contributed by atoms with Gasteiger partial charge in [0, 0.05) is 18.3 Å². The smallest absolute Gasteiger partial charge is 0.244 e. The number of anilines is 1. The van der Waals surface area contributed by atoms with Crippen molar-refractivity contribution in [3.8, 4) is 5.75 Å². The van der Waals surface area contributed by atoms with Crippen molar-refractivity contribution in [3.05, 3.63) is 72.3 Å². The number of nitrogens with zero attached hydrogens (tertiary/aromatic N) is 1. The molecule has 0 aliphatic heterocycles. The second-order valence-electron chi connectivity index (χ2n) is 5.86. The Morgan fingerprint density at radius 2 is 1.85 bits per heavy atom. The molecule has 0 saturated carbocycles. The van der Waals surface area contributed by atoms with E-state index in [1.165, 1.54) is 17.0 Å². The van der Waals surface area contributed by atoms with E-state index >= 15 is 0 Å². The third-order valence-corrected chi connectivity index (χ3v) is 3.95. The highest BCUT2D eigenvalue weighted by Gasteiger charge is 2.21. The van der Waals surface area contributed by atoms with Crippen molar-refractivity contribution in [2.24, 2.45) is 5.73 Å². The largest absolute Gasteiger partial charge is 0.497 e. The van der Waals surface area contributed by atoms with Gasteiger partial charge >= 0.3 is 0 Å². The molecule has 0 bridgehead atoms. The quantitative estimate of drug-likeness (QED) is 0.734. The van der Waals surface area contributed by atoms with Gasteiger partial charge in [0.05, 0.1) is 13.2 Å². The number of aryl methyl sites for hydroxylation is 1. The maximum atomic E-state index is 13.3. The van der Waals surface area contributed by atoms with Crippen molar-refractivity contribution in [1.29, 1.82) is 0 Å². The van der Waals surface area contributed by atoms with Crippen LogP contribution < -0.4 is 15.4 Å². The van der Waals surface area contributed by atoms with E-state index < -0.39 is 17.7 Å². The summed E-state index contributed by atoms with van der Waals surface area (Å²) in [5, 5.41) is 0. The first-order chi connectivity index (χ1) is 12.4. The first-order valence-corrected chi connectivity index (χ1v) is 8.21. The molecule has 2 aromatic rings. The van der Waals surface area contributed by atoms with Crippen molar-refractivity contribution in [1.82, 2.24) is 0 Å². The second kappa shape index (κ2) is 9.10. The number of amides is 1. The number of benzene rings is 2. The Bertz CT molecular complexity index is 743. The van der Waals surface area contributed by atoms with Crippen LogP contribution in [-0.2, 0) is 11.2 Å². The molecule has 26 heavy (non-hydrogen) atoms. The van der Waals surface area contributed by atoms with Gasteiger partial charge in [-0.2, -0.15) is 0 Å². The highest BCUT2D eigenvalue weighted by atomic mass is 19.1. The Kier molecular flexibility index (Phi) is 6.86. The third kappa shape index (κ3) is 5.13. The average Bonchev–Trinajstić information content (AvgIpc) is 2.63. The fourth-order valence-corrected chi connectivity index (χ4v) is 2.61. The molecule has 2 rings (SSSR count). The van der Waals surface area contributed by atoms with Crippen LogP contribution in [0.25, 0.3) is 0 Å². The molecule has 0 radical (unpaired) electrons. The van der Waals surface area contributed by atoms with Crippen LogP contribution >= 0.6 is 0 Å². The Morgan fingerprint density at radius 1 is 1.23 bits per heavy atom. The minimum atomic E-state index is -0.802. The molecule has 0 aliphatic carbocycles. The molecule has 0 aliphatic rings. The van der Waals surface area contributed by atoms with Crippen LogP contribution in [0.1, 0.15) is 12.0 Å². The molecule has 0 saturated heterocycles. The van der Waals surface area contributed by atoms with Gasteiger partial charge in [-0.05, 0) is 54.8 Å². The van der Waals surface area contributed by atoms with E-state index in [4.69, 9.17) is 10.5 Å². The normalized spacial score (nSPS) is 11.7. The van der Waals surface area contributed by atoms with Gasteiger partial charge in [0.2, 0.25) is 5.91 Å². The summed E-state index contributed by atoms with van der Waals surface area (Å²) in [5.74, 6) is -0.901. The van der Waals surface area contributed by atoms with Crippen LogP contribution in [0.3, 0.4) is 0 Å². The van der Waals surface area contributed by atoms with Crippen LogP contribution in [-0.4, -0.2) is 25.6 Å². The molecular weight excluding hydrogens is 338 g/mol. The van der Waals surface area contributed by atoms with Gasteiger partial charge < -0.3 is 15.4 Å². The Hall–Kier alpha value is -2.73. The van der Waals surface area contributed by atoms with E-state index in [2.05, 4.69) is 6.58 Å². The first-order valence-electron chi connectivity index (χ1n) is 8.21. The summed E-state index contributed by atoms with van der Waals surface area (Å²) in [7, 11) is 1.56. The van der Waals surface area contributed by atoms with Crippen molar-refractivity contribution in [3.63, 3.8) is 0 Å². The molecule has 2 N–H and O–H groups in total. The van der Waals surface area contributed by atoms with E-state index in [0.717, 1.165) is 6.07 Å². The van der Waals surface area contributed by atoms with Crippen molar-refractivity contribution in [2.75, 3.05) is 18.6 Å². The fraction of sp³-hybridized carbons (Fsp3) is 0.250. The SMILES string of the molecule is C=CCN(C(=O)[C@@H](N)CCc1cc(F)cc(F)c1)c1ccc(OC)cc1. The van der Waals surface area contributed by atoms with Crippen molar-refractivity contribution < 1.29 is 18.3 Å². The molecule has 0 heterocycles. The molecule has 4 nitrogen and oxygen atoms in total. The second-order valence-corrected chi connectivity index (χ2v) is 5.86. The number of carbonyl (C=O) groups is 1. The van der Waals surface area contributed by atoms with Gasteiger partial charge in [-0.1, -0.05) is 6.08 Å². The number of methoxy groups -OCH3 is 1. The average molecular weight is 360 g/mol. The number of rotatable bonds is 8. The number of carbonyl (C=O) groups excluding carboxylic acids is 1. The summed E-state index contributed by atoms with van der Waals surface area (Å²) in [5.41, 5.74) is 7.16. The molecular formula is C20H22F2N2O2. The van der Waals surface area contributed by atoms with Gasteiger partial charge in [0.1, 0.15) is 17.4 Å². The monoisotopic (exact) mass is 360 g/mol. The molecule has 0 aromatic heterocycles. The molecule has 0 spiro atoms. The number of ether oxygens (including phenoxy) is 1. The lowest BCUT2D eigenvalue weighted by atomic mass is 10.0. The maximum Gasteiger partial charge on any atom is 0.244 e. The number of hydrogen-bond acceptors (Lipinski definition) is 3. The standard InChI is InChI=1S/C20H22F2N2O2/c1-3-10-24(17-5-7-18(26-2)8-6-17)20(25)19(23)9-4-14-11-15(21)13-16(22)12-14/h3,5-8,11-13,19H,1,4,9-10,23H2,2H3/t19-/m0/s1. The van der Waals surface area contributed by atoms with Gasteiger partial charge in [0.25, 0.3) is 0 Å². The van der Waals surface area contributed by atoms with Crippen molar-refractivity contribution >= 4 is 11.6 Å². The number of hydrogen-bond donors (Lipinski definition) is 1. The lowest BCUT2D eigenvalue weighted by Crippen LogP contribution is -2.44. The van der Waals surface area contributed by atoms with Crippen LogP contribution in [0, 0.1) is 11.6 Å². The molecule has 6 heteroatoms. The van der Waals surface area contributed by atoms with Crippen molar-refractivity contribution in [2.45, 2.75) is 18.9 Å². The maximum absolute atomic E-state index is 13.3. The summed E-state index contributed by atoms with van der Waals surface area (Å²) >= 11 is 0. The summed E-state index contributed by atoms with van der Waals surface area (Å²) < 4.78 is 31.6. The Balaban J connectivity index is 2.07. The van der Waals surface area contributed by atoms with Gasteiger partial charge in [-0.25, -0.2) is 8.78 Å². The fourth-order valence-electron chi connectivity index (χ4n) is 2.61. The predicted octanol–water partition coefficient (Wildman–Crippen LogP) is 3.45. The number of nitrogens with two attached hydrogens (primary N) is 1. The molecule has 1 amide bonds. The predicted molar refractivity (Wildman–Crippen MR) is 98.2 cm³/mol. The van der Waals surface area contributed by atoms with Gasteiger partial charge in [-0.15, -0.1) is 6.58 Å². The van der Waals surface area contributed by atoms with E-state index in [1.54, 1.807) is 37.5 Å². The minimum absolute atomic E-state index is 0.269. The zero-order valence-electron chi connectivity index (χ0n) is 14.6. The summed E-state index contributed by atoms with van der Waals surface area (Å²) in [4.78, 5) is 14.2. The summed E-state index contributed by atoms with van der Waals surface area (Å²) in [6.45, 7) is 3.97. The first kappa shape index (κ1) is 19.6. The van der Waals surface area contributed by atoms with E-state index in [9.17, 15) is 13.6 Å². The molecule has 1 atom stereocenters. The Labute approximate surface area is 151 Å². The number of halogens is 2. The van der Waals surface area contributed by atoms with Gasteiger partial charge in [0.15, 0.2) is 0 Å². The lowest BCUT2D eigenvalue weighted by molar-refractivity contribution is -0.119. The molecule has 2 aromatic carbocycles. The van der Waals surface area contributed by atoms with Crippen LogP contribution in [0.15, 0.2) is 55.1 Å². The van der Waals surface area contributed by atoms with Crippen LogP contribution in [0.2, 0.25) is 0 Å². The lowest BCUT2D eigenvalue weighted by Gasteiger charge is -2.25. The highest BCUT2D eigenvalue weighted by Crippen LogP contribution is 2.20. The zero-order valence-corrected chi connectivity index (χ0v) is 14.6. The summed E-state index contributed by atoms with van der Waals surface area (Å²) in [6, 6.07) is 9.51. The van der Waals surface area contributed by atoms with E-state index in [1.807, 2.05) is 0 Å². The van der Waals surface area contributed by atoms with E-state index in [-0.39, 0.29) is 12.3 Å². The topological polar surface area (TPSA) is 55.6 Å². The zero-order chi connectivity index (χ0) is 19.1. The molecule has 0 fully saturated rings. The van der Waals surface area contributed by atoms with Gasteiger partial charge in [-0.3, -0.25) is 4.79 Å². The third-order valence-electron chi connectivity index (χ3n) is 3.95. The summed E-state index contributed by atoms with van der Waals surface area (Å²) in [6.07, 6.45) is 2.18. The Morgan fingerprint density at radius 3 is 2.38 bits per heavy atom. The van der Waals surface area contributed by atoms with E-state index in [0.29, 0.717) is 30.0 Å². The molecule has 0 unspecified atom stereocenters. The minimum Gasteiger partial charge on any atom is -0.497 e. The van der Waals surface area contributed by atoms with Crippen LogP contribution in [0.4, 0.5) is 14.5 Å². The molecule has 138 valence electrons.